The second-order valence-electron chi connectivity index (χ2n) is 5.33. The van der Waals surface area contributed by atoms with Gasteiger partial charge in [0.25, 0.3) is 0 Å². The number of rotatable bonds is 6. The Balaban J connectivity index is 2.76. The van der Waals surface area contributed by atoms with Crippen LogP contribution in [0, 0.1) is 17.8 Å². The number of nitrogens with two attached hydrogens (primary N) is 1. The predicted octanol–water partition coefficient (Wildman–Crippen LogP) is 2.79. The van der Waals surface area contributed by atoms with Crippen molar-refractivity contribution in [1.82, 2.24) is 5.32 Å². The van der Waals surface area contributed by atoms with Crippen molar-refractivity contribution in [3.8, 4) is 0 Å². The number of hydrogen-bond acceptors (Lipinski definition) is 3. The molecule has 0 aliphatic rings. The first-order valence-electron chi connectivity index (χ1n) is 6.51. The second kappa shape index (κ2) is 6.90. The van der Waals surface area contributed by atoms with Gasteiger partial charge in [0.15, 0.2) is 0 Å². The summed E-state index contributed by atoms with van der Waals surface area (Å²) in [6, 6.07) is 4.18. The van der Waals surface area contributed by atoms with E-state index in [-0.39, 0.29) is 23.8 Å². The third kappa shape index (κ3) is 3.82. The first kappa shape index (κ1) is 15.2. The molecule has 1 amide bonds. The van der Waals surface area contributed by atoms with Crippen molar-refractivity contribution >= 4 is 17.2 Å². The molecule has 1 aromatic heterocycles. The summed E-state index contributed by atoms with van der Waals surface area (Å²) in [5, 5.41) is 5.18. The Morgan fingerprint density at radius 3 is 2.39 bits per heavy atom. The van der Waals surface area contributed by atoms with Gasteiger partial charge in [0, 0.05) is 11.4 Å². The van der Waals surface area contributed by atoms with Gasteiger partial charge in [-0.2, -0.15) is 0 Å². The van der Waals surface area contributed by atoms with E-state index in [0.29, 0.717) is 12.5 Å². The number of amides is 1. The van der Waals surface area contributed by atoms with E-state index >= 15 is 0 Å². The van der Waals surface area contributed by atoms with E-state index in [4.69, 9.17) is 5.73 Å². The summed E-state index contributed by atoms with van der Waals surface area (Å²) in [6.45, 7) is 8.72. The molecule has 3 N–H and O–H groups in total. The number of carbonyl (C=O) groups is 1. The van der Waals surface area contributed by atoms with Crippen molar-refractivity contribution < 1.29 is 4.79 Å². The Labute approximate surface area is 114 Å². The largest absolute Gasteiger partial charge is 0.348 e. The van der Waals surface area contributed by atoms with E-state index < -0.39 is 0 Å². The quantitative estimate of drug-likeness (QED) is 0.833. The predicted molar refractivity (Wildman–Crippen MR) is 77.4 cm³/mol. The molecule has 2 atom stereocenters. The summed E-state index contributed by atoms with van der Waals surface area (Å²) in [7, 11) is 0. The molecule has 4 heteroatoms. The molecule has 1 rings (SSSR count). The molecule has 0 aromatic carbocycles. The SMILES string of the molecule is CC(C)C(CN)C(=O)NC(c1cccs1)C(C)C. The minimum atomic E-state index is -0.105. The Kier molecular flexibility index (Phi) is 5.82. The average molecular weight is 268 g/mol. The van der Waals surface area contributed by atoms with Gasteiger partial charge in [0.2, 0.25) is 5.91 Å². The number of hydrogen-bond donors (Lipinski definition) is 2. The molecule has 0 fully saturated rings. The summed E-state index contributed by atoms with van der Waals surface area (Å²) in [6.07, 6.45) is 0. The van der Waals surface area contributed by atoms with Crippen LogP contribution in [0.3, 0.4) is 0 Å². The molecule has 0 bridgehead atoms. The molecule has 1 aromatic rings. The standard InChI is InChI=1S/C14H24N2OS/c1-9(2)11(8-15)14(17)16-13(10(3)4)12-6-5-7-18-12/h5-7,9-11,13H,8,15H2,1-4H3,(H,16,17). The molecular formula is C14H24N2OS. The number of thiophene rings is 1. The van der Waals surface area contributed by atoms with Crippen LogP contribution in [-0.2, 0) is 4.79 Å². The maximum absolute atomic E-state index is 12.2. The van der Waals surface area contributed by atoms with Crippen LogP contribution >= 0.6 is 11.3 Å². The van der Waals surface area contributed by atoms with Gasteiger partial charge >= 0.3 is 0 Å². The first-order valence-corrected chi connectivity index (χ1v) is 7.39. The molecule has 0 saturated heterocycles. The molecule has 0 saturated carbocycles. The fraction of sp³-hybridized carbons (Fsp3) is 0.643. The first-order chi connectivity index (χ1) is 8.47. The van der Waals surface area contributed by atoms with Gasteiger partial charge in [-0.3, -0.25) is 4.79 Å². The van der Waals surface area contributed by atoms with Crippen LogP contribution in [0.1, 0.15) is 38.6 Å². The second-order valence-corrected chi connectivity index (χ2v) is 6.31. The van der Waals surface area contributed by atoms with Gasteiger partial charge in [-0.1, -0.05) is 33.8 Å². The average Bonchev–Trinajstić information content (AvgIpc) is 2.78. The molecule has 0 radical (unpaired) electrons. The number of carbonyl (C=O) groups excluding carboxylic acids is 1. The molecule has 0 aliphatic heterocycles. The Morgan fingerprint density at radius 1 is 1.33 bits per heavy atom. The molecule has 0 spiro atoms. The minimum absolute atomic E-state index is 0.0691. The summed E-state index contributed by atoms with van der Waals surface area (Å²) in [4.78, 5) is 13.4. The zero-order chi connectivity index (χ0) is 13.7. The highest BCUT2D eigenvalue weighted by atomic mass is 32.1. The lowest BCUT2D eigenvalue weighted by atomic mass is 9.93. The highest BCUT2D eigenvalue weighted by Crippen LogP contribution is 2.26. The zero-order valence-electron chi connectivity index (χ0n) is 11.6. The molecular weight excluding hydrogens is 244 g/mol. The molecule has 2 unspecified atom stereocenters. The molecule has 1 heterocycles. The van der Waals surface area contributed by atoms with Crippen LogP contribution in [0.5, 0.6) is 0 Å². The third-order valence-electron chi connectivity index (χ3n) is 3.21. The van der Waals surface area contributed by atoms with Gasteiger partial charge in [0.05, 0.1) is 12.0 Å². The summed E-state index contributed by atoms with van der Waals surface area (Å²) in [5.74, 6) is 0.607. The van der Waals surface area contributed by atoms with Crippen LogP contribution in [0.25, 0.3) is 0 Å². The van der Waals surface area contributed by atoms with Crippen molar-refractivity contribution in [3.63, 3.8) is 0 Å². The molecule has 18 heavy (non-hydrogen) atoms. The number of nitrogens with one attached hydrogen (secondary N) is 1. The highest BCUT2D eigenvalue weighted by molar-refractivity contribution is 7.10. The highest BCUT2D eigenvalue weighted by Gasteiger charge is 2.25. The van der Waals surface area contributed by atoms with E-state index in [9.17, 15) is 4.79 Å². The Bertz CT molecular complexity index is 360. The molecule has 3 nitrogen and oxygen atoms in total. The van der Waals surface area contributed by atoms with Crippen molar-refractivity contribution in [2.75, 3.05) is 6.54 Å². The topological polar surface area (TPSA) is 55.1 Å². The van der Waals surface area contributed by atoms with Gasteiger partial charge in [-0.25, -0.2) is 0 Å². The van der Waals surface area contributed by atoms with Crippen LogP contribution < -0.4 is 11.1 Å². The van der Waals surface area contributed by atoms with Crippen molar-refractivity contribution in [1.29, 1.82) is 0 Å². The lowest BCUT2D eigenvalue weighted by Gasteiger charge is -2.25. The maximum atomic E-state index is 12.2. The summed E-state index contributed by atoms with van der Waals surface area (Å²) < 4.78 is 0. The lowest BCUT2D eigenvalue weighted by Crippen LogP contribution is -2.41. The minimum Gasteiger partial charge on any atom is -0.348 e. The van der Waals surface area contributed by atoms with Crippen molar-refractivity contribution in [3.05, 3.63) is 22.4 Å². The van der Waals surface area contributed by atoms with Crippen LogP contribution in [0.4, 0.5) is 0 Å². The van der Waals surface area contributed by atoms with Crippen molar-refractivity contribution in [2.24, 2.45) is 23.5 Å². The Morgan fingerprint density at radius 2 is 2.00 bits per heavy atom. The van der Waals surface area contributed by atoms with Gasteiger partial charge in [-0.05, 0) is 23.3 Å². The molecule has 0 aliphatic carbocycles. The van der Waals surface area contributed by atoms with E-state index in [1.165, 1.54) is 4.88 Å². The van der Waals surface area contributed by atoms with Crippen LogP contribution in [0.15, 0.2) is 17.5 Å². The van der Waals surface area contributed by atoms with Gasteiger partial charge in [-0.15, -0.1) is 11.3 Å². The van der Waals surface area contributed by atoms with E-state index in [1.54, 1.807) is 11.3 Å². The van der Waals surface area contributed by atoms with Crippen molar-refractivity contribution in [2.45, 2.75) is 33.7 Å². The summed E-state index contributed by atoms with van der Waals surface area (Å²) >= 11 is 1.68. The lowest BCUT2D eigenvalue weighted by molar-refractivity contribution is -0.127. The van der Waals surface area contributed by atoms with Crippen LogP contribution in [0.2, 0.25) is 0 Å². The van der Waals surface area contributed by atoms with Crippen LogP contribution in [-0.4, -0.2) is 12.5 Å². The third-order valence-corrected chi connectivity index (χ3v) is 4.16. The molecule has 102 valence electrons. The summed E-state index contributed by atoms with van der Waals surface area (Å²) in [5.41, 5.74) is 5.69. The normalized spacial score (nSPS) is 14.8. The monoisotopic (exact) mass is 268 g/mol. The van der Waals surface area contributed by atoms with Gasteiger partial charge in [0.1, 0.15) is 0 Å². The van der Waals surface area contributed by atoms with E-state index in [1.807, 2.05) is 25.3 Å². The fourth-order valence-electron chi connectivity index (χ4n) is 1.98. The van der Waals surface area contributed by atoms with E-state index in [2.05, 4.69) is 25.2 Å². The fourth-order valence-corrected chi connectivity index (χ4v) is 2.93. The smallest absolute Gasteiger partial charge is 0.225 e. The Hall–Kier alpha value is -0.870. The van der Waals surface area contributed by atoms with Gasteiger partial charge < -0.3 is 11.1 Å². The zero-order valence-corrected chi connectivity index (χ0v) is 12.5. The maximum Gasteiger partial charge on any atom is 0.225 e. The van der Waals surface area contributed by atoms with E-state index in [0.717, 1.165) is 0 Å².